The molecular formula is C22H35ClN2O3. The number of nitrogens with one attached hydrogen (secondary N) is 2. The lowest BCUT2D eigenvalue weighted by Crippen LogP contribution is -3.15. The number of amides is 1. The summed E-state index contributed by atoms with van der Waals surface area (Å²) < 4.78 is 11.7. The minimum Gasteiger partial charge on any atom is -1.00 e. The predicted octanol–water partition coefficient (Wildman–Crippen LogP) is 0.798. The smallest absolute Gasteiger partial charge is 0.412 e. The first-order valence-electron chi connectivity index (χ1n) is 10.8. The number of halogens is 1. The molecule has 1 aromatic carbocycles. The number of benzene rings is 1. The Bertz CT molecular complexity index is 593. The highest BCUT2D eigenvalue weighted by Crippen LogP contribution is 2.25. The van der Waals surface area contributed by atoms with Gasteiger partial charge in [0.1, 0.15) is 11.8 Å². The molecule has 2 N–H and O–H groups in total. The number of unbranched alkanes of at least 4 members (excludes halogenated alkanes) is 2. The van der Waals surface area contributed by atoms with Gasteiger partial charge in [0.05, 0.1) is 25.4 Å². The van der Waals surface area contributed by atoms with Gasteiger partial charge in [0, 0.05) is 19.3 Å². The minimum atomic E-state index is -0.352. The Kier molecular flexibility index (Phi) is 9.93. The van der Waals surface area contributed by atoms with Gasteiger partial charge in [-0.25, -0.2) is 4.79 Å². The van der Waals surface area contributed by atoms with Crippen LogP contribution in [0.1, 0.15) is 64.7 Å². The Hall–Kier alpha value is -1.46. The maximum Gasteiger partial charge on any atom is 0.412 e. The van der Waals surface area contributed by atoms with Crippen LogP contribution in [0.15, 0.2) is 24.3 Å². The summed E-state index contributed by atoms with van der Waals surface area (Å²) in [5, 5.41) is 2.91. The van der Waals surface area contributed by atoms with Crippen molar-refractivity contribution in [3.63, 3.8) is 0 Å². The Balaban J connectivity index is 0.00000280. The number of hydrogen-bond donors (Lipinski definition) is 2. The molecule has 3 rings (SSSR count). The number of ether oxygens (including phenoxy) is 2. The minimum absolute atomic E-state index is 0. The third-order valence-electron chi connectivity index (χ3n) is 5.86. The lowest BCUT2D eigenvalue weighted by Gasteiger charge is -2.34. The van der Waals surface area contributed by atoms with Crippen molar-refractivity contribution in [2.45, 2.75) is 76.9 Å². The van der Waals surface area contributed by atoms with Crippen LogP contribution in [-0.2, 0) is 4.74 Å². The molecule has 1 aromatic rings. The summed E-state index contributed by atoms with van der Waals surface area (Å²) in [7, 11) is 0. The predicted molar refractivity (Wildman–Crippen MR) is 108 cm³/mol. The molecule has 5 nitrogen and oxygen atoms in total. The molecular weight excluding hydrogens is 376 g/mol. The van der Waals surface area contributed by atoms with Gasteiger partial charge >= 0.3 is 6.09 Å². The second-order valence-corrected chi connectivity index (χ2v) is 7.88. The van der Waals surface area contributed by atoms with Crippen molar-refractivity contribution >= 4 is 11.8 Å². The monoisotopic (exact) mass is 410 g/mol. The number of quaternary nitrogens is 1. The Morgan fingerprint density at radius 2 is 1.86 bits per heavy atom. The number of anilines is 1. The van der Waals surface area contributed by atoms with Crippen LogP contribution >= 0.6 is 0 Å². The molecule has 6 heteroatoms. The molecule has 1 saturated heterocycles. The molecule has 2 aliphatic rings. The van der Waals surface area contributed by atoms with Gasteiger partial charge < -0.3 is 26.8 Å². The van der Waals surface area contributed by atoms with E-state index in [0.29, 0.717) is 18.3 Å². The van der Waals surface area contributed by atoms with E-state index in [1.54, 1.807) is 4.90 Å². The summed E-state index contributed by atoms with van der Waals surface area (Å²) in [6.45, 7) is 5.29. The molecule has 0 aromatic heterocycles. The maximum absolute atomic E-state index is 12.6. The summed E-state index contributed by atoms with van der Waals surface area (Å²) in [5.74, 6) is 0.718. The highest BCUT2D eigenvalue weighted by atomic mass is 35.5. The van der Waals surface area contributed by atoms with E-state index >= 15 is 0 Å². The zero-order chi connectivity index (χ0) is 18.9. The van der Waals surface area contributed by atoms with Crippen molar-refractivity contribution in [1.29, 1.82) is 0 Å². The van der Waals surface area contributed by atoms with E-state index in [-0.39, 0.29) is 24.6 Å². The first-order chi connectivity index (χ1) is 13.3. The fourth-order valence-electron chi connectivity index (χ4n) is 4.41. The second kappa shape index (κ2) is 12.2. The normalized spacial score (nSPS) is 22.3. The van der Waals surface area contributed by atoms with Crippen LogP contribution in [0.5, 0.6) is 5.75 Å². The highest BCUT2D eigenvalue weighted by Gasteiger charge is 2.37. The number of hydrogen-bond acceptors (Lipinski definition) is 3. The summed E-state index contributed by atoms with van der Waals surface area (Å²) in [4.78, 5) is 14.2. The van der Waals surface area contributed by atoms with E-state index in [4.69, 9.17) is 9.47 Å². The number of carbonyl (C=O) groups excluding carboxylic acids is 1. The maximum atomic E-state index is 12.6. The molecule has 1 aliphatic carbocycles. The van der Waals surface area contributed by atoms with Crippen LogP contribution in [0.4, 0.5) is 10.5 Å². The van der Waals surface area contributed by atoms with Gasteiger partial charge in [-0.05, 0) is 37.8 Å². The molecule has 1 aliphatic heterocycles. The summed E-state index contributed by atoms with van der Waals surface area (Å²) >= 11 is 0. The van der Waals surface area contributed by atoms with Gasteiger partial charge in [0.2, 0.25) is 0 Å². The van der Waals surface area contributed by atoms with Crippen LogP contribution in [0.2, 0.25) is 0 Å². The van der Waals surface area contributed by atoms with Crippen molar-refractivity contribution in [2.75, 3.05) is 25.0 Å². The molecule has 0 spiro atoms. The molecule has 0 radical (unpaired) electrons. The zero-order valence-corrected chi connectivity index (χ0v) is 17.8. The molecule has 2 unspecified atom stereocenters. The number of rotatable bonds is 8. The molecule has 158 valence electrons. The second-order valence-electron chi connectivity index (χ2n) is 7.88. The van der Waals surface area contributed by atoms with E-state index in [1.165, 1.54) is 38.8 Å². The van der Waals surface area contributed by atoms with E-state index < -0.39 is 0 Å². The lowest BCUT2D eigenvalue weighted by molar-refractivity contribution is -0.918. The van der Waals surface area contributed by atoms with E-state index in [9.17, 15) is 4.79 Å². The number of carbonyl (C=O) groups is 1. The van der Waals surface area contributed by atoms with Gasteiger partial charge in [-0.15, -0.1) is 0 Å². The van der Waals surface area contributed by atoms with Crippen LogP contribution in [0, 0.1) is 0 Å². The van der Waals surface area contributed by atoms with Crippen molar-refractivity contribution in [3.05, 3.63) is 24.3 Å². The number of para-hydroxylation sites is 2. The third kappa shape index (κ3) is 6.56. The fourth-order valence-corrected chi connectivity index (χ4v) is 4.41. The molecule has 0 bridgehead atoms. The van der Waals surface area contributed by atoms with Crippen LogP contribution in [0.25, 0.3) is 0 Å². The van der Waals surface area contributed by atoms with Crippen LogP contribution < -0.4 is 27.4 Å². The van der Waals surface area contributed by atoms with E-state index in [1.807, 2.05) is 24.3 Å². The van der Waals surface area contributed by atoms with Gasteiger partial charge in [-0.1, -0.05) is 31.9 Å². The number of likely N-dealkylation sites (tertiary alicyclic amines) is 1. The summed E-state index contributed by atoms with van der Waals surface area (Å²) in [6, 6.07) is 8.08. The summed E-state index contributed by atoms with van der Waals surface area (Å²) in [6.07, 6.45) is 10.2. The first kappa shape index (κ1) is 22.8. The van der Waals surface area contributed by atoms with Crippen LogP contribution in [-0.4, -0.2) is 37.9 Å². The molecule has 1 saturated carbocycles. The molecule has 28 heavy (non-hydrogen) atoms. The average Bonchev–Trinajstić information content (AvgIpc) is 3.21. The lowest BCUT2D eigenvalue weighted by atomic mass is 9.91. The first-order valence-corrected chi connectivity index (χ1v) is 10.8. The standard InChI is InChI=1S/C22H34N2O3.ClH/c1-2-3-10-17-26-20-13-6-4-11-18(20)23-22(25)27-21-14-7-5-12-19(21)24-15-8-9-16-24;/h4,6,11,13,19,21H,2-3,5,7-10,12,14-17H2,1H3,(H,23,25);1H. The Labute approximate surface area is 175 Å². The van der Waals surface area contributed by atoms with Crippen molar-refractivity contribution < 1.29 is 31.6 Å². The van der Waals surface area contributed by atoms with E-state index in [2.05, 4.69) is 12.2 Å². The molecule has 2 atom stereocenters. The average molecular weight is 411 g/mol. The topological polar surface area (TPSA) is 52.0 Å². The molecule has 2 fully saturated rings. The Morgan fingerprint density at radius 1 is 1.11 bits per heavy atom. The zero-order valence-electron chi connectivity index (χ0n) is 17.1. The quantitative estimate of drug-likeness (QED) is 0.623. The van der Waals surface area contributed by atoms with Crippen LogP contribution in [0.3, 0.4) is 0 Å². The van der Waals surface area contributed by atoms with Crippen molar-refractivity contribution in [2.24, 2.45) is 0 Å². The SMILES string of the molecule is CCCCCOc1ccccc1NC(=O)OC1CCCCC1[NH+]1CCCC1.[Cl-]. The van der Waals surface area contributed by atoms with E-state index in [0.717, 1.165) is 37.9 Å². The van der Waals surface area contributed by atoms with Crippen molar-refractivity contribution in [3.8, 4) is 5.75 Å². The molecule has 1 amide bonds. The van der Waals surface area contributed by atoms with Gasteiger partial charge in [0.15, 0.2) is 6.10 Å². The van der Waals surface area contributed by atoms with Crippen molar-refractivity contribution in [1.82, 2.24) is 0 Å². The highest BCUT2D eigenvalue weighted by molar-refractivity contribution is 5.86. The van der Waals surface area contributed by atoms with Gasteiger partial charge in [-0.3, -0.25) is 5.32 Å². The Morgan fingerprint density at radius 3 is 2.64 bits per heavy atom. The van der Waals surface area contributed by atoms with Gasteiger partial charge in [0.25, 0.3) is 0 Å². The molecule has 1 heterocycles. The van der Waals surface area contributed by atoms with Gasteiger partial charge in [-0.2, -0.15) is 0 Å². The fraction of sp³-hybridized carbons (Fsp3) is 0.682. The largest absolute Gasteiger partial charge is 1.00 e. The third-order valence-corrected chi connectivity index (χ3v) is 5.86. The summed E-state index contributed by atoms with van der Waals surface area (Å²) in [5.41, 5.74) is 0.694.